The first-order valence-corrected chi connectivity index (χ1v) is 8.71. The second-order valence-corrected chi connectivity index (χ2v) is 6.95. The zero-order valence-corrected chi connectivity index (χ0v) is 14.5. The molecule has 6 heteroatoms. The van der Waals surface area contributed by atoms with Crippen molar-refractivity contribution in [2.75, 3.05) is 19.7 Å². The Labute approximate surface area is 138 Å². The molecule has 0 aromatic carbocycles. The van der Waals surface area contributed by atoms with E-state index >= 15 is 0 Å². The number of likely N-dealkylation sites (tertiary alicyclic amines) is 1. The molecule has 0 radical (unpaired) electrons. The molecule has 1 aromatic heterocycles. The topological polar surface area (TPSA) is 79.5 Å². The van der Waals surface area contributed by atoms with Crippen molar-refractivity contribution in [3.63, 3.8) is 0 Å². The van der Waals surface area contributed by atoms with Gasteiger partial charge in [0, 0.05) is 38.5 Å². The van der Waals surface area contributed by atoms with E-state index in [2.05, 4.69) is 17.1 Å². The fourth-order valence-electron chi connectivity index (χ4n) is 3.01. The Morgan fingerprint density at radius 3 is 2.61 bits per heavy atom. The first-order chi connectivity index (χ1) is 11.0. The van der Waals surface area contributed by atoms with Gasteiger partial charge in [0.15, 0.2) is 5.82 Å². The molecule has 130 valence electrons. The standard InChI is InChI=1S/C17H29N3O3/c1-4-17(12-21)8-10-20(11-9-17)15(22)7-5-6-14-18-16(13(2)3)19-23-14/h13,21H,4-12H2,1-3H3. The molecule has 1 aliphatic rings. The van der Waals surface area contributed by atoms with Crippen LogP contribution in [0, 0.1) is 5.41 Å². The van der Waals surface area contributed by atoms with E-state index in [1.54, 1.807) is 0 Å². The van der Waals surface area contributed by atoms with E-state index in [4.69, 9.17) is 4.52 Å². The monoisotopic (exact) mass is 323 g/mol. The van der Waals surface area contributed by atoms with Crippen molar-refractivity contribution in [1.82, 2.24) is 15.0 Å². The maximum absolute atomic E-state index is 12.3. The number of amides is 1. The molecule has 2 heterocycles. The summed E-state index contributed by atoms with van der Waals surface area (Å²) in [6.45, 7) is 7.90. The minimum Gasteiger partial charge on any atom is -0.396 e. The number of piperidine rings is 1. The summed E-state index contributed by atoms with van der Waals surface area (Å²) >= 11 is 0. The van der Waals surface area contributed by atoms with E-state index in [1.807, 2.05) is 18.7 Å². The zero-order valence-electron chi connectivity index (χ0n) is 14.5. The van der Waals surface area contributed by atoms with Gasteiger partial charge in [-0.3, -0.25) is 4.79 Å². The number of hydrogen-bond donors (Lipinski definition) is 1. The van der Waals surface area contributed by atoms with Crippen LogP contribution in [0.1, 0.15) is 70.5 Å². The van der Waals surface area contributed by atoms with Crippen LogP contribution in [-0.2, 0) is 11.2 Å². The van der Waals surface area contributed by atoms with Crippen LogP contribution in [0.3, 0.4) is 0 Å². The molecule has 0 spiro atoms. The van der Waals surface area contributed by atoms with E-state index in [9.17, 15) is 9.90 Å². The Morgan fingerprint density at radius 1 is 1.39 bits per heavy atom. The Kier molecular flexibility index (Phi) is 6.16. The maximum atomic E-state index is 12.3. The smallest absolute Gasteiger partial charge is 0.226 e. The number of aryl methyl sites for hydroxylation is 1. The third-order valence-electron chi connectivity index (χ3n) is 5.04. The molecule has 1 fully saturated rings. The molecule has 1 N–H and O–H groups in total. The molecule has 0 aliphatic carbocycles. The largest absolute Gasteiger partial charge is 0.396 e. The van der Waals surface area contributed by atoms with Crippen molar-refractivity contribution in [3.8, 4) is 0 Å². The molecule has 1 saturated heterocycles. The minimum atomic E-state index is 0.0216. The summed E-state index contributed by atoms with van der Waals surface area (Å²) in [5.74, 6) is 1.79. The number of hydrogen-bond acceptors (Lipinski definition) is 5. The quantitative estimate of drug-likeness (QED) is 0.834. The normalized spacial score (nSPS) is 17.7. The number of rotatable bonds is 7. The summed E-state index contributed by atoms with van der Waals surface area (Å²) in [6.07, 6.45) is 4.65. The molecule has 1 amide bonds. The lowest BCUT2D eigenvalue weighted by atomic mass is 9.77. The van der Waals surface area contributed by atoms with Crippen LogP contribution < -0.4 is 0 Å². The number of aliphatic hydroxyl groups is 1. The van der Waals surface area contributed by atoms with E-state index in [0.717, 1.165) is 44.6 Å². The second kappa shape index (κ2) is 7.90. The van der Waals surface area contributed by atoms with E-state index in [1.165, 1.54) is 0 Å². The number of carbonyl (C=O) groups is 1. The van der Waals surface area contributed by atoms with Crippen molar-refractivity contribution in [2.24, 2.45) is 5.41 Å². The molecule has 1 aliphatic heterocycles. The van der Waals surface area contributed by atoms with Gasteiger partial charge in [-0.05, 0) is 31.1 Å². The lowest BCUT2D eigenvalue weighted by molar-refractivity contribution is -0.134. The van der Waals surface area contributed by atoms with Gasteiger partial charge >= 0.3 is 0 Å². The number of aliphatic hydroxyl groups excluding tert-OH is 1. The third kappa shape index (κ3) is 4.53. The van der Waals surface area contributed by atoms with Crippen LogP contribution in [-0.4, -0.2) is 45.8 Å². The second-order valence-electron chi connectivity index (χ2n) is 6.95. The van der Waals surface area contributed by atoms with Gasteiger partial charge in [-0.15, -0.1) is 0 Å². The van der Waals surface area contributed by atoms with Crippen molar-refractivity contribution in [1.29, 1.82) is 0 Å². The molecule has 0 atom stereocenters. The Bertz CT molecular complexity index is 499. The van der Waals surface area contributed by atoms with Gasteiger partial charge in [0.1, 0.15) is 0 Å². The van der Waals surface area contributed by atoms with Gasteiger partial charge < -0.3 is 14.5 Å². The summed E-state index contributed by atoms with van der Waals surface area (Å²) in [6, 6.07) is 0. The van der Waals surface area contributed by atoms with Crippen LogP contribution in [0.4, 0.5) is 0 Å². The molecule has 2 rings (SSSR count). The lowest BCUT2D eigenvalue weighted by Gasteiger charge is -2.40. The third-order valence-corrected chi connectivity index (χ3v) is 5.04. The first kappa shape index (κ1) is 17.9. The van der Waals surface area contributed by atoms with E-state index in [-0.39, 0.29) is 23.8 Å². The summed E-state index contributed by atoms with van der Waals surface area (Å²) in [5, 5.41) is 13.5. The van der Waals surface area contributed by atoms with Gasteiger partial charge in [0.05, 0.1) is 0 Å². The van der Waals surface area contributed by atoms with Crippen LogP contribution in [0.25, 0.3) is 0 Å². The van der Waals surface area contributed by atoms with Gasteiger partial charge in [-0.25, -0.2) is 0 Å². The highest BCUT2D eigenvalue weighted by Gasteiger charge is 2.33. The highest BCUT2D eigenvalue weighted by atomic mass is 16.5. The van der Waals surface area contributed by atoms with Gasteiger partial charge in [-0.2, -0.15) is 4.98 Å². The highest BCUT2D eigenvalue weighted by Crippen LogP contribution is 2.34. The molecule has 1 aromatic rings. The summed E-state index contributed by atoms with van der Waals surface area (Å²) < 4.78 is 5.20. The Morgan fingerprint density at radius 2 is 2.09 bits per heavy atom. The van der Waals surface area contributed by atoms with Gasteiger partial charge in [-0.1, -0.05) is 25.9 Å². The van der Waals surface area contributed by atoms with Gasteiger partial charge in [0.25, 0.3) is 0 Å². The lowest BCUT2D eigenvalue weighted by Crippen LogP contribution is -2.44. The fraction of sp³-hybridized carbons (Fsp3) is 0.824. The average molecular weight is 323 g/mol. The zero-order chi connectivity index (χ0) is 16.9. The number of carbonyl (C=O) groups excluding carboxylic acids is 1. The maximum Gasteiger partial charge on any atom is 0.226 e. The van der Waals surface area contributed by atoms with Crippen LogP contribution in [0.2, 0.25) is 0 Å². The Balaban J connectivity index is 1.73. The number of nitrogens with zero attached hydrogens (tertiary/aromatic N) is 3. The van der Waals surface area contributed by atoms with Crippen LogP contribution in [0.5, 0.6) is 0 Å². The molecule has 0 unspecified atom stereocenters. The molecular weight excluding hydrogens is 294 g/mol. The van der Waals surface area contributed by atoms with Crippen LogP contribution >= 0.6 is 0 Å². The Hall–Kier alpha value is -1.43. The number of aromatic nitrogens is 2. The molecule has 6 nitrogen and oxygen atoms in total. The summed E-state index contributed by atoms with van der Waals surface area (Å²) in [4.78, 5) is 18.5. The molecule has 0 bridgehead atoms. The molecule has 0 saturated carbocycles. The summed E-state index contributed by atoms with van der Waals surface area (Å²) in [7, 11) is 0. The van der Waals surface area contributed by atoms with Crippen molar-refractivity contribution >= 4 is 5.91 Å². The average Bonchev–Trinajstić information content (AvgIpc) is 3.04. The first-order valence-electron chi connectivity index (χ1n) is 8.71. The molecule has 23 heavy (non-hydrogen) atoms. The van der Waals surface area contributed by atoms with Crippen molar-refractivity contribution < 1.29 is 14.4 Å². The van der Waals surface area contributed by atoms with E-state index in [0.29, 0.717) is 18.7 Å². The summed E-state index contributed by atoms with van der Waals surface area (Å²) in [5.41, 5.74) is 0.0216. The predicted molar refractivity (Wildman–Crippen MR) is 86.9 cm³/mol. The van der Waals surface area contributed by atoms with Crippen LogP contribution in [0.15, 0.2) is 4.52 Å². The van der Waals surface area contributed by atoms with E-state index < -0.39 is 0 Å². The predicted octanol–water partition coefficient (Wildman–Crippen LogP) is 2.53. The minimum absolute atomic E-state index is 0.0216. The van der Waals surface area contributed by atoms with Gasteiger partial charge in [0.2, 0.25) is 11.8 Å². The van der Waals surface area contributed by atoms with Crippen molar-refractivity contribution in [3.05, 3.63) is 11.7 Å². The SMILES string of the molecule is CCC1(CO)CCN(C(=O)CCCc2nc(C(C)C)no2)CC1. The highest BCUT2D eigenvalue weighted by molar-refractivity contribution is 5.76. The fourth-order valence-corrected chi connectivity index (χ4v) is 3.01. The van der Waals surface area contributed by atoms with Crippen molar-refractivity contribution in [2.45, 2.75) is 65.2 Å². The molecular formula is C17H29N3O3.